The van der Waals surface area contributed by atoms with Gasteiger partial charge in [0.1, 0.15) is 5.82 Å². The summed E-state index contributed by atoms with van der Waals surface area (Å²) in [5, 5.41) is 8.06. The van der Waals surface area contributed by atoms with Gasteiger partial charge in [0.2, 0.25) is 0 Å². The molecule has 0 saturated carbocycles. The maximum Gasteiger partial charge on any atom is 0.274 e. The van der Waals surface area contributed by atoms with Crippen LogP contribution in [0.4, 0.5) is 4.39 Å². The Morgan fingerprint density at radius 3 is 2.44 bits per heavy atom. The molecule has 5 rings (SSSR count). The number of amides is 1. The number of carbonyl (C=O) groups is 1. The molecule has 0 radical (unpaired) electrons. The molecule has 3 aromatic carbocycles. The Bertz CT molecular complexity index is 1530. The van der Waals surface area contributed by atoms with E-state index in [1.165, 1.54) is 17.1 Å². The molecule has 168 valence electrons. The van der Waals surface area contributed by atoms with Crippen molar-refractivity contribution in [2.75, 3.05) is 0 Å². The summed E-state index contributed by atoms with van der Waals surface area (Å²) in [5.41, 5.74) is 1.73. The first-order chi connectivity index (χ1) is 16.6. The van der Waals surface area contributed by atoms with Crippen LogP contribution in [-0.4, -0.2) is 25.2 Å². The molecule has 8 heteroatoms. The van der Waals surface area contributed by atoms with Crippen molar-refractivity contribution < 1.29 is 9.18 Å². The highest BCUT2D eigenvalue weighted by atomic mass is 19.1. The third-order valence-corrected chi connectivity index (χ3v) is 5.51. The van der Waals surface area contributed by atoms with E-state index in [2.05, 4.69) is 15.4 Å². The van der Waals surface area contributed by atoms with Crippen molar-refractivity contribution in [1.82, 2.24) is 24.6 Å². The van der Waals surface area contributed by atoms with E-state index in [9.17, 15) is 14.0 Å². The maximum absolute atomic E-state index is 14.6. The largest absolute Gasteiger partial charge is 0.347 e. The first kappa shape index (κ1) is 21.3. The Kier molecular flexibility index (Phi) is 5.70. The minimum Gasteiger partial charge on any atom is -0.347 e. The van der Waals surface area contributed by atoms with E-state index in [0.717, 1.165) is 5.56 Å². The molecule has 2 heterocycles. The Hall–Kier alpha value is -4.59. The smallest absolute Gasteiger partial charge is 0.274 e. The molecule has 0 aliphatic rings. The molecule has 2 aromatic heterocycles. The summed E-state index contributed by atoms with van der Waals surface area (Å²) >= 11 is 0. The van der Waals surface area contributed by atoms with Gasteiger partial charge in [-0.2, -0.15) is 5.10 Å². The molecule has 0 aliphatic carbocycles. The molecule has 1 amide bonds. The molecule has 0 bridgehead atoms. The zero-order valence-corrected chi connectivity index (χ0v) is 18.1. The molecule has 0 aliphatic heterocycles. The molecule has 5 aromatic rings. The minimum atomic E-state index is -0.447. The number of hydrogen-bond acceptors (Lipinski definition) is 4. The van der Waals surface area contributed by atoms with Crippen LogP contribution >= 0.6 is 0 Å². The van der Waals surface area contributed by atoms with E-state index in [-0.39, 0.29) is 24.3 Å². The maximum atomic E-state index is 14.6. The standard InChI is InChI=1S/C26H20FN5O2/c27-22-14-19(10-11-23(22)31-13-12-28-17-31)15-29-25(33)24-20-8-4-5-9-21(20)26(34)32(30-24)16-18-6-2-1-3-7-18/h1-14,17H,15-16H2,(H,29,33). The monoisotopic (exact) mass is 453 g/mol. The Labute approximate surface area is 194 Å². The number of halogens is 1. The van der Waals surface area contributed by atoms with Gasteiger partial charge in [0.25, 0.3) is 11.5 Å². The predicted octanol–water partition coefficient (Wildman–Crippen LogP) is 3.70. The van der Waals surface area contributed by atoms with Crippen LogP contribution in [0.25, 0.3) is 16.5 Å². The SMILES string of the molecule is O=C(NCc1ccc(-n2ccnc2)c(F)c1)c1nn(Cc2ccccc2)c(=O)c2ccccc12. The van der Waals surface area contributed by atoms with Crippen molar-refractivity contribution >= 4 is 16.7 Å². The van der Waals surface area contributed by atoms with Crippen LogP contribution in [0.1, 0.15) is 21.6 Å². The lowest BCUT2D eigenvalue weighted by molar-refractivity contribution is 0.0945. The highest BCUT2D eigenvalue weighted by molar-refractivity contribution is 6.04. The van der Waals surface area contributed by atoms with Crippen molar-refractivity contribution in [2.24, 2.45) is 0 Å². The lowest BCUT2D eigenvalue weighted by atomic mass is 10.1. The Morgan fingerprint density at radius 1 is 0.941 bits per heavy atom. The predicted molar refractivity (Wildman–Crippen MR) is 126 cm³/mol. The zero-order chi connectivity index (χ0) is 23.5. The molecule has 1 N–H and O–H groups in total. The van der Waals surface area contributed by atoms with Gasteiger partial charge in [-0.25, -0.2) is 14.1 Å². The average Bonchev–Trinajstić information content (AvgIpc) is 3.40. The van der Waals surface area contributed by atoms with Crippen LogP contribution < -0.4 is 10.9 Å². The lowest BCUT2D eigenvalue weighted by Gasteiger charge is -2.12. The minimum absolute atomic E-state index is 0.105. The first-order valence-corrected chi connectivity index (χ1v) is 10.7. The van der Waals surface area contributed by atoms with Crippen LogP contribution in [0.2, 0.25) is 0 Å². The molecular formula is C26H20FN5O2. The second-order valence-corrected chi connectivity index (χ2v) is 7.78. The number of hydrogen-bond donors (Lipinski definition) is 1. The van der Waals surface area contributed by atoms with Crippen LogP contribution in [0, 0.1) is 5.82 Å². The highest BCUT2D eigenvalue weighted by Gasteiger charge is 2.17. The van der Waals surface area contributed by atoms with E-state index in [1.807, 2.05) is 30.3 Å². The number of aromatic nitrogens is 4. The van der Waals surface area contributed by atoms with Crippen molar-refractivity contribution in [1.29, 1.82) is 0 Å². The van der Waals surface area contributed by atoms with Crippen LogP contribution in [0.15, 0.2) is 96.3 Å². The third-order valence-electron chi connectivity index (χ3n) is 5.51. The fourth-order valence-corrected chi connectivity index (χ4v) is 3.80. The molecule has 0 unspecified atom stereocenters. The van der Waals surface area contributed by atoms with E-state index in [0.29, 0.717) is 22.0 Å². The summed E-state index contributed by atoms with van der Waals surface area (Å²) in [6.45, 7) is 0.347. The zero-order valence-electron chi connectivity index (χ0n) is 18.1. The summed E-state index contributed by atoms with van der Waals surface area (Å²) in [6, 6.07) is 21.1. The number of nitrogens with one attached hydrogen (secondary N) is 1. The lowest BCUT2D eigenvalue weighted by Crippen LogP contribution is -2.30. The van der Waals surface area contributed by atoms with Gasteiger partial charge in [-0.15, -0.1) is 0 Å². The topological polar surface area (TPSA) is 81.8 Å². The number of carbonyl (C=O) groups excluding carboxylic acids is 1. The van der Waals surface area contributed by atoms with Gasteiger partial charge in [0.15, 0.2) is 5.69 Å². The highest BCUT2D eigenvalue weighted by Crippen LogP contribution is 2.16. The van der Waals surface area contributed by atoms with E-state index in [4.69, 9.17) is 0 Å². The van der Waals surface area contributed by atoms with Crippen LogP contribution in [0.5, 0.6) is 0 Å². The second-order valence-electron chi connectivity index (χ2n) is 7.78. The van der Waals surface area contributed by atoms with Gasteiger partial charge in [-0.1, -0.05) is 54.6 Å². The fraction of sp³-hybridized carbons (Fsp3) is 0.0769. The van der Waals surface area contributed by atoms with Gasteiger partial charge < -0.3 is 9.88 Å². The van der Waals surface area contributed by atoms with Crippen molar-refractivity contribution in [2.45, 2.75) is 13.1 Å². The Morgan fingerprint density at radius 2 is 1.71 bits per heavy atom. The van der Waals surface area contributed by atoms with Gasteiger partial charge >= 0.3 is 0 Å². The van der Waals surface area contributed by atoms with Crippen molar-refractivity contribution in [3.63, 3.8) is 0 Å². The van der Waals surface area contributed by atoms with E-state index in [1.54, 1.807) is 53.4 Å². The van der Waals surface area contributed by atoms with Crippen LogP contribution in [-0.2, 0) is 13.1 Å². The molecule has 0 atom stereocenters. The number of benzene rings is 3. The second kappa shape index (κ2) is 9.11. The number of fused-ring (bicyclic) bond motifs is 1. The van der Waals surface area contributed by atoms with Crippen molar-refractivity contribution in [3.8, 4) is 5.69 Å². The van der Waals surface area contributed by atoms with Gasteiger partial charge in [0, 0.05) is 24.3 Å². The number of nitrogens with zero attached hydrogens (tertiary/aromatic N) is 4. The summed E-state index contributed by atoms with van der Waals surface area (Å²) in [7, 11) is 0. The third kappa shape index (κ3) is 4.21. The molecule has 34 heavy (non-hydrogen) atoms. The van der Waals surface area contributed by atoms with Crippen molar-refractivity contribution in [3.05, 3.63) is 125 Å². The summed E-state index contributed by atoms with van der Waals surface area (Å²) in [5.74, 6) is -0.873. The normalized spacial score (nSPS) is 11.0. The Balaban J connectivity index is 1.42. The number of rotatable bonds is 6. The van der Waals surface area contributed by atoms with Crippen LogP contribution in [0.3, 0.4) is 0 Å². The van der Waals surface area contributed by atoms with Gasteiger partial charge in [-0.3, -0.25) is 9.59 Å². The molecule has 0 spiro atoms. The first-order valence-electron chi connectivity index (χ1n) is 10.7. The molecule has 0 saturated heterocycles. The molecule has 0 fully saturated rings. The average molecular weight is 453 g/mol. The quantitative estimate of drug-likeness (QED) is 0.425. The molecule has 7 nitrogen and oxygen atoms in total. The van der Waals surface area contributed by atoms with E-state index < -0.39 is 11.7 Å². The molecular weight excluding hydrogens is 433 g/mol. The van der Waals surface area contributed by atoms with E-state index >= 15 is 0 Å². The summed E-state index contributed by atoms with van der Waals surface area (Å²) in [6.07, 6.45) is 4.74. The number of imidazole rings is 1. The summed E-state index contributed by atoms with van der Waals surface area (Å²) < 4.78 is 17.4. The van der Waals surface area contributed by atoms with Gasteiger partial charge in [0.05, 0.1) is 23.9 Å². The summed E-state index contributed by atoms with van der Waals surface area (Å²) in [4.78, 5) is 30.0. The fourth-order valence-electron chi connectivity index (χ4n) is 3.80. The van der Waals surface area contributed by atoms with Gasteiger partial charge in [-0.05, 0) is 29.3 Å².